The van der Waals surface area contributed by atoms with Crippen LogP contribution in [0.4, 0.5) is 0 Å². The van der Waals surface area contributed by atoms with Crippen molar-refractivity contribution in [3.05, 3.63) is 0 Å². The average Bonchev–Trinajstić information content (AvgIpc) is 2.85. The van der Waals surface area contributed by atoms with E-state index in [1.807, 2.05) is 0 Å². The number of hydrogen-bond donors (Lipinski definition) is 0. The van der Waals surface area contributed by atoms with E-state index >= 15 is 0 Å². The molecule has 2 amide bonds. The van der Waals surface area contributed by atoms with Gasteiger partial charge in [-0.1, -0.05) is 163 Å². The van der Waals surface area contributed by atoms with Crippen LogP contribution in [0.1, 0.15) is 195 Å². The van der Waals surface area contributed by atoms with Gasteiger partial charge in [0.1, 0.15) is 0 Å². The van der Waals surface area contributed by atoms with E-state index < -0.39 is 0 Å². The zero-order chi connectivity index (χ0) is 27.6. The van der Waals surface area contributed by atoms with Gasteiger partial charge >= 0.3 is 0 Å². The van der Waals surface area contributed by atoms with Crippen molar-refractivity contribution in [1.82, 2.24) is 4.90 Å². The normalized spacial score (nSPS) is 11.7. The monoisotopic (exact) mass is 522 g/mol. The van der Waals surface area contributed by atoms with Gasteiger partial charge in [-0.05, 0) is 24.7 Å². The molecule has 0 aromatic rings. The van der Waals surface area contributed by atoms with Gasteiger partial charge in [0.25, 0.3) is 0 Å². The summed E-state index contributed by atoms with van der Waals surface area (Å²) in [5.41, 5.74) is 0.131. The maximum absolute atomic E-state index is 13.0. The van der Waals surface area contributed by atoms with Crippen LogP contribution in [-0.4, -0.2) is 23.3 Å². The number of amides is 2. The molecular formula is C34H67NO2. The maximum atomic E-state index is 13.0. The van der Waals surface area contributed by atoms with Crippen LogP contribution in [0.3, 0.4) is 0 Å². The molecule has 0 fully saturated rings. The lowest BCUT2D eigenvalue weighted by molar-refractivity contribution is -0.145. The number of carbonyl (C=O) groups is 2. The van der Waals surface area contributed by atoms with Gasteiger partial charge in [0.15, 0.2) is 0 Å². The van der Waals surface area contributed by atoms with Crippen LogP contribution in [0.25, 0.3) is 0 Å². The first kappa shape index (κ1) is 36.1. The van der Waals surface area contributed by atoms with Crippen molar-refractivity contribution in [3.63, 3.8) is 0 Å². The molecule has 0 heterocycles. The lowest BCUT2D eigenvalue weighted by Gasteiger charge is -2.26. The zero-order valence-corrected chi connectivity index (χ0v) is 26.1. The summed E-state index contributed by atoms with van der Waals surface area (Å²) in [6.45, 7) is 11.7. The molecule has 0 atom stereocenters. The molecule has 0 bridgehead atoms. The Bertz CT molecular complexity index is 484. The van der Waals surface area contributed by atoms with Crippen molar-refractivity contribution in [2.24, 2.45) is 5.41 Å². The second-order valence-electron chi connectivity index (χ2n) is 12.8. The Labute approximate surface area is 233 Å². The maximum Gasteiger partial charge on any atom is 0.229 e. The molecule has 3 nitrogen and oxygen atoms in total. The topological polar surface area (TPSA) is 37.4 Å². The van der Waals surface area contributed by atoms with Crippen LogP contribution in [0, 0.1) is 5.41 Å². The molecule has 37 heavy (non-hydrogen) atoms. The van der Waals surface area contributed by atoms with Crippen LogP contribution >= 0.6 is 0 Å². The first-order valence-corrected chi connectivity index (χ1v) is 16.6. The summed E-state index contributed by atoms with van der Waals surface area (Å²) in [5.74, 6) is 0.126. The molecule has 0 aromatic carbocycles. The van der Waals surface area contributed by atoms with Gasteiger partial charge in [0.05, 0.1) is 0 Å². The largest absolute Gasteiger partial charge is 0.283 e. The van der Waals surface area contributed by atoms with Crippen LogP contribution in [-0.2, 0) is 9.59 Å². The zero-order valence-electron chi connectivity index (χ0n) is 26.1. The van der Waals surface area contributed by atoms with E-state index in [-0.39, 0.29) is 17.2 Å². The summed E-state index contributed by atoms with van der Waals surface area (Å²) in [6, 6.07) is 0. The summed E-state index contributed by atoms with van der Waals surface area (Å²) >= 11 is 0. The third-order valence-electron chi connectivity index (χ3n) is 7.68. The van der Waals surface area contributed by atoms with E-state index in [1.165, 1.54) is 116 Å². The van der Waals surface area contributed by atoms with E-state index in [1.54, 1.807) is 4.90 Å². The summed E-state index contributed by atoms with van der Waals surface area (Å²) in [4.78, 5) is 27.5. The summed E-state index contributed by atoms with van der Waals surface area (Å²) in [6.07, 6.45) is 30.1. The molecule has 0 aliphatic rings. The Morgan fingerprint density at radius 2 is 0.730 bits per heavy atom. The predicted octanol–water partition coefficient (Wildman–Crippen LogP) is 11.2. The van der Waals surface area contributed by atoms with Crippen molar-refractivity contribution < 1.29 is 9.59 Å². The molecule has 0 rings (SSSR count). The van der Waals surface area contributed by atoms with Gasteiger partial charge in [-0.15, -0.1) is 0 Å². The molecule has 3 heteroatoms. The number of hydrogen-bond acceptors (Lipinski definition) is 2. The molecule has 0 aliphatic heterocycles. The Hall–Kier alpha value is -0.860. The summed E-state index contributed by atoms with van der Waals surface area (Å²) < 4.78 is 0. The van der Waals surface area contributed by atoms with E-state index in [9.17, 15) is 9.59 Å². The third-order valence-corrected chi connectivity index (χ3v) is 7.68. The molecule has 0 saturated heterocycles. The molecule has 0 radical (unpaired) electrons. The third kappa shape index (κ3) is 25.2. The molecule has 0 spiro atoms. The highest BCUT2D eigenvalue weighted by atomic mass is 16.2. The second-order valence-corrected chi connectivity index (χ2v) is 12.8. The van der Waals surface area contributed by atoms with Crippen LogP contribution in [0.2, 0.25) is 0 Å². The first-order valence-electron chi connectivity index (χ1n) is 16.6. The Morgan fingerprint density at radius 3 is 1.00 bits per heavy atom. The number of rotatable bonds is 26. The Morgan fingerprint density at radius 1 is 0.459 bits per heavy atom. The van der Waals surface area contributed by atoms with Gasteiger partial charge in [0.2, 0.25) is 11.8 Å². The van der Waals surface area contributed by atoms with Crippen molar-refractivity contribution >= 4 is 11.8 Å². The Kier molecular flexibility index (Phi) is 24.8. The smallest absolute Gasteiger partial charge is 0.229 e. The second kappa shape index (κ2) is 25.4. The minimum Gasteiger partial charge on any atom is -0.283 e. The SMILES string of the molecule is CCCCCCCCCCCCCC(=O)N(CCC(C)(C)C)C(=O)CCCCCCCCCCCCC. The molecule has 0 saturated carbocycles. The highest BCUT2D eigenvalue weighted by Gasteiger charge is 2.22. The fourth-order valence-corrected chi connectivity index (χ4v) is 4.99. The fraction of sp³-hybridized carbons (Fsp3) is 0.941. The standard InChI is InChI=1S/C34H67NO2/c1-6-8-10-12-14-16-18-20-22-24-26-28-32(36)35(31-30-34(3,4)5)33(37)29-27-25-23-21-19-17-15-13-11-9-7-2/h6-31H2,1-5H3. The molecule has 0 N–H and O–H groups in total. The van der Waals surface area contributed by atoms with Crippen molar-refractivity contribution in [3.8, 4) is 0 Å². The van der Waals surface area contributed by atoms with Gasteiger partial charge in [-0.2, -0.15) is 0 Å². The Balaban J connectivity index is 4.09. The fourth-order valence-electron chi connectivity index (χ4n) is 4.99. The minimum atomic E-state index is 0.0632. The summed E-state index contributed by atoms with van der Waals surface area (Å²) in [7, 11) is 0. The first-order chi connectivity index (χ1) is 17.8. The van der Waals surface area contributed by atoms with E-state index in [0.29, 0.717) is 19.4 Å². The van der Waals surface area contributed by atoms with Crippen LogP contribution in [0.5, 0.6) is 0 Å². The van der Waals surface area contributed by atoms with Crippen LogP contribution in [0.15, 0.2) is 0 Å². The van der Waals surface area contributed by atoms with E-state index in [0.717, 1.165) is 32.1 Å². The van der Waals surface area contributed by atoms with Crippen molar-refractivity contribution in [2.45, 2.75) is 195 Å². The van der Waals surface area contributed by atoms with Gasteiger partial charge in [-0.3, -0.25) is 14.5 Å². The number of carbonyl (C=O) groups excluding carboxylic acids is 2. The van der Waals surface area contributed by atoms with Crippen molar-refractivity contribution in [2.75, 3.05) is 6.54 Å². The molecule has 0 aromatic heterocycles. The number of unbranched alkanes of at least 4 members (excludes halogenated alkanes) is 20. The average molecular weight is 522 g/mol. The van der Waals surface area contributed by atoms with Gasteiger partial charge < -0.3 is 0 Å². The van der Waals surface area contributed by atoms with Gasteiger partial charge in [0, 0.05) is 19.4 Å². The molecule has 220 valence electrons. The minimum absolute atomic E-state index is 0.0632. The lowest BCUT2D eigenvalue weighted by atomic mass is 9.92. The molecular weight excluding hydrogens is 454 g/mol. The van der Waals surface area contributed by atoms with E-state index in [4.69, 9.17) is 0 Å². The quantitative estimate of drug-likeness (QED) is 0.106. The highest BCUT2D eigenvalue weighted by Crippen LogP contribution is 2.21. The van der Waals surface area contributed by atoms with Crippen molar-refractivity contribution in [1.29, 1.82) is 0 Å². The highest BCUT2D eigenvalue weighted by molar-refractivity contribution is 5.95. The lowest BCUT2D eigenvalue weighted by Crippen LogP contribution is -2.38. The number of nitrogens with zero attached hydrogens (tertiary/aromatic N) is 1. The molecule has 0 aliphatic carbocycles. The molecule has 0 unspecified atom stereocenters. The van der Waals surface area contributed by atoms with Gasteiger partial charge in [-0.25, -0.2) is 0 Å². The predicted molar refractivity (Wildman–Crippen MR) is 163 cm³/mol. The van der Waals surface area contributed by atoms with E-state index in [2.05, 4.69) is 34.6 Å². The summed E-state index contributed by atoms with van der Waals surface area (Å²) in [5, 5.41) is 0. The number of imide groups is 1. The van der Waals surface area contributed by atoms with Crippen LogP contribution < -0.4 is 0 Å².